The molecule has 0 aliphatic rings. The van der Waals surface area contributed by atoms with Crippen LogP contribution >= 0.6 is 11.9 Å². The number of nitrogens with zero attached hydrogens (tertiary/aromatic N) is 2. The minimum absolute atomic E-state index is 0.417. The first-order valence-corrected chi connectivity index (χ1v) is 5.52. The van der Waals surface area contributed by atoms with Crippen LogP contribution in [0.15, 0.2) is 30.6 Å². The molecule has 1 atom stereocenters. The van der Waals surface area contributed by atoms with Crippen molar-refractivity contribution in [1.29, 1.82) is 0 Å². The average Bonchev–Trinajstić information content (AvgIpc) is 2.59. The average molecular weight is 207 g/mol. The fraction of sp³-hybridized carbons (Fsp3) is 0.300. The van der Waals surface area contributed by atoms with E-state index in [-0.39, 0.29) is 0 Å². The van der Waals surface area contributed by atoms with Crippen molar-refractivity contribution in [3.63, 3.8) is 0 Å². The van der Waals surface area contributed by atoms with Gasteiger partial charge in [-0.25, -0.2) is 4.98 Å². The Hall–Kier alpha value is -1.00. The van der Waals surface area contributed by atoms with Crippen LogP contribution in [0.3, 0.4) is 0 Å². The summed E-state index contributed by atoms with van der Waals surface area (Å²) in [6.07, 6.45) is 4.98. The van der Waals surface area contributed by atoms with Crippen molar-refractivity contribution in [2.24, 2.45) is 5.14 Å². The normalized spacial score (nSPS) is 13.3. The largest absolute Gasteiger partial charge is 0.307 e. The first-order chi connectivity index (χ1) is 6.79. The molecule has 2 rings (SSSR count). The third kappa shape index (κ3) is 1.91. The summed E-state index contributed by atoms with van der Waals surface area (Å²) in [5.41, 5.74) is 2.10. The van der Waals surface area contributed by atoms with Crippen LogP contribution in [0, 0.1) is 0 Å². The van der Waals surface area contributed by atoms with E-state index in [1.807, 2.05) is 28.8 Å². The molecule has 0 bridgehead atoms. The summed E-state index contributed by atoms with van der Waals surface area (Å²) in [5, 5.41) is 5.91. The molecule has 0 fully saturated rings. The maximum absolute atomic E-state index is 5.50. The Morgan fingerprint density at radius 3 is 3.14 bits per heavy atom. The van der Waals surface area contributed by atoms with Crippen LogP contribution in [0.5, 0.6) is 0 Å². The van der Waals surface area contributed by atoms with Gasteiger partial charge < -0.3 is 4.40 Å². The molecule has 0 radical (unpaired) electrons. The maximum Gasteiger partial charge on any atom is 0.136 e. The molecule has 3 nitrogen and oxygen atoms in total. The summed E-state index contributed by atoms with van der Waals surface area (Å²) in [5.74, 6) is 0. The highest BCUT2D eigenvalue weighted by atomic mass is 32.2. The Morgan fingerprint density at radius 2 is 2.43 bits per heavy atom. The van der Waals surface area contributed by atoms with E-state index in [2.05, 4.69) is 18.1 Å². The summed E-state index contributed by atoms with van der Waals surface area (Å²) >= 11 is 1.38. The fourth-order valence-electron chi connectivity index (χ4n) is 1.43. The minimum atomic E-state index is 0.417. The summed E-state index contributed by atoms with van der Waals surface area (Å²) in [6, 6.07) is 6.00. The number of rotatable bonds is 3. The van der Waals surface area contributed by atoms with Gasteiger partial charge in [-0.1, -0.05) is 24.9 Å². The second-order valence-electron chi connectivity index (χ2n) is 3.35. The van der Waals surface area contributed by atoms with Crippen LogP contribution in [0.4, 0.5) is 0 Å². The lowest BCUT2D eigenvalue weighted by atomic mass is 10.3. The zero-order valence-corrected chi connectivity index (χ0v) is 8.87. The van der Waals surface area contributed by atoms with E-state index < -0.39 is 0 Å². The van der Waals surface area contributed by atoms with E-state index in [9.17, 15) is 0 Å². The van der Waals surface area contributed by atoms with Crippen molar-refractivity contribution in [1.82, 2.24) is 9.38 Å². The molecule has 2 N–H and O–H groups in total. The number of aromatic nitrogens is 2. The van der Waals surface area contributed by atoms with Gasteiger partial charge in [0.25, 0.3) is 0 Å². The van der Waals surface area contributed by atoms with Gasteiger partial charge in [-0.15, -0.1) is 0 Å². The minimum Gasteiger partial charge on any atom is -0.307 e. The summed E-state index contributed by atoms with van der Waals surface area (Å²) in [4.78, 5) is 4.49. The van der Waals surface area contributed by atoms with Crippen LogP contribution in [0.25, 0.3) is 5.65 Å². The standard InChI is InChI=1S/C10H13N3S/c1-8(14-11)6-9-7-13-5-3-2-4-10(13)12-9/h2-5,7-8H,6,11H2,1H3. The Bertz CT molecular complexity index is 391. The quantitative estimate of drug-likeness (QED) is 0.781. The molecule has 4 heteroatoms. The van der Waals surface area contributed by atoms with Crippen LogP contribution in [0.2, 0.25) is 0 Å². The first-order valence-electron chi connectivity index (χ1n) is 4.58. The van der Waals surface area contributed by atoms with E-state index in [4.69, 9.17) is 5.14 Å². The highest BCUT2D eigenvalue weighted by Gasteiger charge is 2.05. The molecule has 0 aromatic carbocycles. The van der Waals surface area contributed by atoms with E-state index in [0.29, 0.717) is 5.25 Å². The molecule has 74 valence electrons. The number of fused-ring (bicyclic) bond motifs is 1. The van der Waals surface area contributed by atoms with Crippen LogP contribution in [-0.2, 0) is 6.42 Å². The summed E-state index contributed by atoms with van der Waals surface area (Å²) in [7, 11) is 0. The molecule has 0 saturated carbocycles. The SMILES string of the molecule is CC(Cc1cn2ccccc2n1)SN. The molecular formula is C10H13N3S. The van der Waals surface area contributed by atoms with Gasteiger partial charge in [0.05, 0.1) is 5.69 Å². The van der Waals surface area contributed by atoms with Crippen molar-refractivity contribution < 1.29 is 0 Å². The Balaban J connectivity index is 2.27. The van der Waals surface area contributed by atoms with Crippen molar-refractivity contribution in [2.75, 3.05) is 0 Å². The van der Waals surface area contributed by atoms with Crippen molar-refractivity contribution >= 4 is 17.6 Å². The van der Waals surface area contributed by atoms with E-state index in [1.54, 1.807) is 0 Å². The predicted octanol–water partition coefficient (Wildman–Crippen LogP) is 1.87. The van der Waals surface area contributed by atoms with E-state index >= 15 is 0 Å². The van der Waals surface area contributed by atoms with Crippen LogP contribution in [-0.4, -0.2) is 14.6 Å². The van der Waals surface area contributed by atoms with E-state index in [0.717, 1.165) is 17.8 Å². The van der Waals surface area contributed by atoms with Crippen molar-refractivity contribution in [3.8, 4) is 0 Å². The lowest BCUT2D eigenvalue weighted by Crippen LogP contribution is -2.04. The third-order valence-electron chi connectivity index (χ3n) is 2.14. The molecular weight excluding hydrogens is 194 g/mol. The fourth-order valence-corrected chi connectivity index (χ4v) is 1.70. The number of hydrogen-bond acceptors (Lipinski definition) is 3. The molecule has 0 aliphatic carbocycles. The van der Waals surface area contributed by atoms with E-state index in [1.165, 1.54) is 11.9 Å². The number of pyridine rings is 1. The molecule has 14 heavy (non-hydrogen) atoms. The van der Waals surface area contributed by atoms with Gasteiger partial charge in [0.1, 0.15) is 5.65 Å². The second-order valence-corrected chi connectivity index (χ2v) is 4.43. The zero-order valence-electron chi connectivity index (χ0n) is 8.05. The predicted molar refractivity (Wildman–Crippen MR) is 60.1 cm³/mol. The third-order valence-corrected chi connectivity index (χ3v) is 2.77. The van der Waals surface area contributed by atoms with Gasteiger partial charge in [-0.2, -0.15) is 0 Å². The molecule has 2 aromatic heterocycles. The molecule has 1 unspecified atom stereocenters. The van der Waals surface area contributed by atoms with Crippen molar-refractivity contribution in [3.05, 3.63) is 36.3 Å². The van der Waals surface area contributed by atoms with Gasteiger partial charge in [-0.05, 0) is 12.1 Å². The first kappa shape index (κ1) is 9.55. The monoisotopic (exact) mass is 207 g/mol. The topological polar surface area (TPSA) is 43.3 Å². The Morgan fingerprint density at radius 1 is 1.57 bits per heavy atom. The van der Waals surface area contributed by atoms with Crippen molar-refractivity contribution in [2.45, 2.75) is 18.6 Å². The van der Waals surface area contributed by atoms with Crippen LogP contribution in [0.1, 0.15) is 12.6 Å². The summed E-state index contributed by atoms with van der Waals surface area (Å²) < 4.78 is 2.03. The maximum atomic E-state index is 5.50. The van der Waals surface area contributed by atoms with Crippen LogP contribution < -0.4 is 5.14 Å². The van der Waals surface area contributed by atoms with Gasteiger partial charge in [0, 0.05) is 24.1 Å². The summed E-state index contributed by atoms with van der Waals surface area (Å²) in [6.45, 7) is 2.11. The molecule has 0 aliphatic heterocycles. The molecule has 2 heterocycles. The number of hydrogen-bond donors (Lipinski definition) is 1. The molecule has 0 amide bonds. The second kappa shape index (κ2) is 4.02. The smallest absolute Gasteiger partial charge is 0.136 e. The number of imidazole rings is 1. The molecule has 0 spiro atoms. The Labute approximate surface area is 87.5 Å². The number of nitrogens with two attached hydrogens (primary N) is 1. The van der Waals surface area contributed by atoms with Gasteiger partial charge in [0.2, 0.25) is 0 Å². The Kier molecular flexibility index (Phi) is 2.74. The lowest BCUT2D eigenvalue weighted by molar-refractivity contribution is 0.913. The van der Waals surface area contributed by atoms with Gasteiger partial charge >= 0.3 is 0 Å². The lowest BCUT2D eigenvalue weighted by Gasteiger charge is -2.02. The molecule has 2 aromatic rings. The van der Waals surface area contributed by atoms with Gasteiger partial charge in [-0.3, -0.25) is 5.14 Å². The highest BCUT2D eigenvalue weighted by molar-refractivity contribution is 7.97. The van der Waals surface area contributed by atoms with Gasteiger partial charge in [0.15, 0.2) is 0 Å². The highest BCUT2D eigenvalue weighted by Crippen LogP contribution is 2.11. The zero-order chi connectivity index (χ0) is 9.97. The molecule has 0 saturated heterocycles.